The van der Waals surface area contributed by atoms with Crippen LogP contribution in [0.1, 0.15) is 45.6 Å². The number of amides is 1. The van der Waals surface area contributed by atoms with Crippen molar-refractivity contribution in [3.05, 3.63) is 38.4 Å². The summed E-state index contributed by atoms with van der Waals surface area (Å²) in [7, 11) is 0. The summed E-state index contributed by atoms with van der Waals surface area (Å²) in [5.74, 6) is 0.435. The Morgan fingerprint density at radius 2 is 2.42 bits per heavy atom. The molecule has 0 aromatic carbocycles. The molecule has 1 aliphatic carbocycles. The van der Waals surface area contributed by atoms with Crippen molar-refractivity contribution >= 4 is 28.8 Å². The van der Waals surface area contributed by atoms with Crippen molar-refractivity contribution < 1.29 is 9.32 Å². The van der Waals surface area contributed by atoms with Gasteiger partial charge in [0.25, 0.3) is 5.91 Å². The second-order valence-corrected chi connectivity index (χ2v) is 6.44. The van der Waals surface area contributed by atoms with Crippen molar-refractivity contribution in [3.63, 3.8) is 0 Å². The van der Waals surface area contributed by atoms with Gasteiger partial charge in [-0.25, -0.2) is 0 Å². The minimum atomic E-state index is -0.197. The molecule has 3 rings (SSSR count). The fraction of sp³-hybridized carbons (Fsp3) is 0.385. The predicted octanol–water partition coefficient (Wildman–Crippen LogP) is 3.51. The van der Waals surface area contributed by atoms with Crippen LogP contribution in [0.4, 0.5) is 0 Å². The third-order valence-electron chi connectivity index (χ3n) is 3.25. The molecule has 2 aromatic heterocycles. The number of fused-ring (bicyclic) bond motifs is 1. The molecule has 1 unspecified atom stereocenters. The summed E-state index contributed by atoms with van der Waals surface area (Å²) in [6.07, 6.45) is 3.04. The Kier molecular flexibility index (Phi) is 3.33. The number of aryl methyl sites for hydroxylation is 2. The van der Waals surface area contributed by atoms with Crippen LogP contribution in [-0.4, -0.2) is 11.1 Å². The van der Waals surface area contributed by atoms with Crippen molar-refractivity contribution in [3.8, 4) is 0 Å². The van der Waals surface area contributed by atoms with E-state index in [1.807, 2.05) is 6.07 Å². The fourth-order valence-electron chi connectivity index (χ4n) is 2.38. The Hall–Kier alpha value is -1.33. The molecular formula is C13H13ClN2O2S. The van der Waals surface area contributed by atoms with Gasteiger partial charge < -0.3 is 9.84 Å². The third-order valence-corrected chi connectivity index (χ3v) is 4.59. The standard InChI is InChI=1S/C13H13ClN2O2S/c1-7-5-10(16-18-7)13(17)15-9-3-2-4-11-8(9)6-12(14)19-11/h5-6,9H,2-4H2,1H3,(H,15,17). The number of hydrogen-bond acceptors (Lipinski definition) is 4. The first-order valence-corrected chi connectivity index (χ1v) is 7.35. The van der Waals surface area contributed by atoms with E-state index in [0.29, 0.717) is 11.5 Å². The molecular weight excluding hydrogens is 284 g/mol. The molecule has 0 fully saturated rings. The topological polar surface area (TPSA) is 55.1 Å². The Balaban J connectivity index is 1.79. The summed E-state index contributed by atoms with van der Waals surface area (Å²) >= 11 is 7.65. The molecule has 4 nitrogen and oxygen atoms in total. The van der Waals surface area contributed by atoms with Gasteiger partial charge in [-0.3, -0.25) is 4.79 Å². The SMILES string of the molecule is Cc1cc(C(=O)NC2CCCc3sc(Cl)cc32)no1. The summed E-state index contributed by atoms with van der Waals surface area (Å²) in [5, 5.41) is 6.74. The van der Waals surface area contributed by atoms with Crippen molar-refractivity contribution in [2.45, 2.75) is 32.2 Å². The van der Waals surface area contributed by atoms with Crippen LogP contribution < -0.4 is 5.32 Å². The second kappa shape index (κ2) is 4.98. The van der Waals surface area contributed by atoms with E-state index in [2.05, 4.69) is 10.5 Å². The Bertz CT molecular complexity index is 620. The molecule has 0 saturated heterocycles. The molecule has 2 heterocycles. The average molecular weight is 297 g/mol. The van der Waals surface area contributed by atoms with Crippen LogP contribution in [0.5, 0.6) is 0 Å². The second-order valence-electron chi connectivity index (χ2n) is 4.67. The van der Waals surface area contributed by atoms with Gasteiger partial charge in [0.05, 0.1) is 10.4 Å². The van der Waals surface area contributed by atoms with Gasteiger partial charge in [0, 0.05) is 10.9 Å². The first kappa shape index (κ1) is 12.7. The lowest BCUT2D eigenvalue weighted by Gasteiger charge is -2.23. The van der Waals surface area contributed by atoms with Crippen LogP contribution in [-0.2, 0) is 6.42 Å². The van der Waals surface area contributed by atoms with Crippen molar-refractivity contribution in [2.75, 3.05) is 0 Å². The van der Waals surface area contributed by atoms with E-state index in [1.165, 1.54) is 4.88 Å². The van der Waals surface area contributed by atoms with Gasteiger partial charge in [0.15, 0.2) is 5.69 Å². The van der Waals surface area contributed by atoms with Gasteiger partial charge in [-0.1, -0.05) is 16.8 Å². The number of aromatic nitrogens is 1. The van der Waals surface area contributed by atoms with Crippen LogP contribution >= 0.6 is 22.9 Å². The summed E-state index contributed by atoms with van der Waals surface area (Å²) in [6.45, 7) is 1.77. The van der Waals surface area contributed by atoms with Gasteiger partial charge in [-0.15, -0.1) is 11.3 Å². The molecule has 1 atom stereocenters. The number of halogens is 1. The van der Waals surface area contributed by atoms with E-state index in [1.54, 1.807) is 24.3 Å². The molecule has 0 radical (unpaired) electrons. The highest BCUT2D eigenvalue weighted by Gasteiger charge is 2.25. The van der Waals surface area contributed by atoms with Crippen molar-refractivity contribution in [1.29, 1.82) is 0 Å². The first-order valence-electron chi connectivity index (χ1n) is 6.16. The predicted molar refractivity (Wildman–Crippen MR) is 73.7 cm³/mol. The number of rotatable bonds is 2. The fourth-order valence-corrected chi connectivity index (χ4v) is 3.76. The van der Waals surface area contributed by atoms with Crippen LogP contribution in [0.3, 0.4) is 0 Å². The van der Waals surface area contributed by atoms with Crippen LogP contribution in [0.2, 0.25) is 4.34 Å². The maximum absolute atomic E-state index is 12.1. The molecule has 0 bridgehead atoms. The summed E-state index contributed by atoms with van der Waals surface area (Å²) in [4.78, 5) is 13.4. The van der Waals surface area contributed by atoms with Gasteiger partial charge in [0.1, 0.15) is 5.76 Å². The van der Waals surface area contributed by atoms with Crippen molar-refractivity contribution in [2.24, 2.45) is 0 Å². The van der Waals surface area contributed by atoms with Gasteiger partial charge >= 0.3 is 0 Å². The lowest BCUT2D eigenvalue weighted by Crippen LogP contribution is -2.30. The monoisotopic (exact) mass is 296 g/mol. The summed E-state index contributed by atoms with van der Waals surface area (Å²) < 4.78 is 5.70. The summed E-state index contributed by atoms with van der Waals surface area (Å²) in [5.41, 5.74) is 1.47. The zero-order valence-electron chi connectivity index (χ0n) is 10.4. The van der Waals surface area contributed by atoms with E-state index in [-0.39, 0.29) is 11.9 Å². The highest BCUT2D eigenvalue weighted by molar-refractivity contribution is 7.16. The largest absolute Gasteiger partial charge is 0.361 e. The first-order chi connectivity index (χ1) is 9.13. The van der Waals surface area contributed by atoms with Crippen LogP contribution in [0, 0.1) is 6.92 Å². The minimum absolute atomic E-state index is 0.0250. The van der Waals surface area contributed by atoms with E-state index < -0.39 is 0 Å². The number of carbonyl (C=O) groups excluding carboxylic acids is 1. The number of thiophene rings is 1. The highest BCUT2D eigenvalue weighted by atomic mass is 35.5. The van der Waals surface area contributed by atoms with Gasteiger partial charge in [-0.05, 0) is 37.8 Å². The number of hydrogen-bond donors (Lipinski definition) is 1. The minimum Gasteiger partial charge on any atom is -0.361 e. The smallest absolute Gasteiger partial charge is 0.273 e. The van der Waals surface area contributed by atoms with E-state index in [9.17, 15) is 4.79 Å². The molecule has 0 spiro atoms. The highest BCUT2D eigenvalue weighted by Crippen LogP contribution is 2.37. The van der Waals surface area contributed by atoms with Gasteiger partial charge in [-0.2, -0.15) is 0 Å². The zero-order chi connectivity index (χ0) is 13.4. The molecule has 100 valence electrons. The maximum atomic E-state index is 12.1. The molecule has 2 aromatic rings. The van der Waals surface area contributed by atoms with E-state index in [4.69, 9.17) is 16.1 Å². The molecule has 1 N–H and O–H groups in total. The third kappa shape index (κ3) is 2.53. The van der Waals surface area contributed by atoms with E-state index >= 15 is 0 Å². The van der Waals surface area contributed by atoms with Crippen molar-refractivity contribution in [1.82, 2.24) is 10.5 Å². The van der Waals surface area contributed by atoms with Crippen LogP contribution in [0.25, 0.3) is 0 Å². The van der Waals surface area contributed by atoms with Gasteiger partial charge in [0.2, 0.25) is 0 Å². The lowest BCUT2D eigenvalue weighted by atomic mass is 9.94. The number of nitrogens with zero attached hydrogens (tertiary/aromatic N) is 1. The lowest BCUT2D eigenvalue weighted by molar-refractivity contribution is 0.0923. The Morgan fingerprint density at radius 1 is 1.58 bits per heavy atom. The Morgan fingerprint density at radius 3 is 3.16 bits per heavy atom. The molecule has 1 amide bonds. The average Bonchev–Trinajstić information content (AvgIpc) is 2.95. The number of nitrogens with one attached hydrogen (secondary N) is 1. The molecule has 1 aliphatic rings. The number of carbonyl (C=O) groups is 1. The maximum Gasteiger partial charge on any atom is 0.273 e. The Labute approximate surface area is 119 Å². The zero-order valence-corrected chi connectivity index (χ0v) is 12.0. The summed E-state index contributed by atoms with van der Waals surface area (Å²) in [6, 6.07) is 3.62. The molecule has 6 heteroatoms. The normalized spacial score (nSPS) is 18.1. The molecule has 19 heavy (non-hydrogen) atoms. The molecule has 0 aliphatic heterocycles. The van der Waals surface area contributed by atoms with Crippen LogP contribution in [0.15, 0.2) is 16.7 Å². The van der Waals surface area contributed by atoms with E-state index in [0.717, 1.165) is 29.2 Å². The molecule has 0 saturated carbocycles. The quantitative estimate of drug-likeness (QED) is 0.922.